The molecule has 0 N–H and O–H groups in total. The van der Waals surface area contributed by atoms with Crippen LogP contribution in [0, 0.1) is 0 Å². The molecule has 0 aromatic carbocycles. The maximum atomic E-state index is 6.17. The minimum atomic E-state index is -1.91. The van der Waals surface area contributed by atoms with Crippen LogP contribution in [0.4, 0.5) is 0 Å². The zero-order valence-corrected chi connectivity index (χ0v) is 12.3. The average Bonchev–Trinajstić information content (AvgIpc) is 2.27. The average molecular weight is 232 g/mol. The van der Waals surface area contributed by atoms with E-state index in [9.17, 15) is 0 Å². The zero-order valence-electron chi connectivity index (χ0n) is 11.3. The summed E-state index contributed by atoms with van der Waals surface area (Å²) in [6, 6.07) is 2.11. The third-order valence-electron chi connectivity index (χ3n) is 3.06. The largest absolute Gasteiger partial charge is 0.391 e. The van der Waals surface area contributed by atoms with Crippen molar-refractivity contribution in [3.8, 4) is 0 Å². The Kier molecular flexibility index (Phi) is 7.48. The number of rotatable bonds is 8. The fourth-order valence-corrected chi connectivity index (χ4v) is 4.53. The first kappa shape index (κ1) is 15.1. The predicted molar refractivity (Wildman–Crippen MR) is 68.4 cm³/mol. The molecule has 0 aliphatic heterocycles. The molecule has 0 saturated carbocycles. The van der Waals surface area contributed by atoms with Crippen LogP contribution >= 0.6 is 0 Å². The first-order valence-electron chi connectivity index (χ1n) is 6.39. The molecule has 2 unspecified atom stereocenters. The van der Waals surface area contributed by atoms with Crippen LogP contribution < -0.4 is 0 Å². The van der Waals surface area contributed by atoms with E-state index in [0.717, 1.165) is 24.9 Å². The molecule has 0 aromatic heterocycles. The lowest BCUT2D eigenvalue weighted by Crippen LogP contribution is -2.45. The van der Waals surface area contributed by atoms with Gasteiger partial charge in [-0.3, -0.25) is 0 Å². The molecule has 0 bridgehead atoms. The van der Waals surface area contributed by atoms with Crippen LogP contribution in [0.5, 0.6) is 0 Å². The van der Waals surface area contributed by atoms with Gasteiger partial charge in [0.1, 0.15) is 0 Å². The summed E-state index contributed by atoms with van der Waals surface area (Å²) in [4.78, 5) is 0. The van der Waals surface area contributed by atoms with Gasteiger partial charge in [-0.2, -0.15) is 0 Å². The first-order chi connectivity index (χ1) is 7.03. The number of hydrogen-bond donors (Lipinski definition) is 0. The second-order valence-electron chi connectivity index (χ2n) is 4.29. The van der Waals surface area contributed by atoms with Crippen LogP contribution in [0.1, 0.15) is 54.4 Å². The molecule has 0 radical (unpaired) electrons. The van der Waals surface area contributed by atoms with E-state index in [0.29, 0.717) is 12.2 Å². The lowest BCUT2D eigenvalue weighted by atomic mass is 10.3. The molecule has 0 aliphatic rings. The van der Waals surface area contributed by atoms with Gasteiger partial charge in [0, 0.05) is 12.2 Å². The molecule has 0 amide bonds. The predicted octanol–water partition coefficient (Wildman–Crippen LogP) is 4.10. The highest BCUT2D eigenvalue weighted by atomic mass is 28.4. The van der Waals surface area contributed by atoms with Gasteiger partial charge in [-0.15, -0.1) is 0 Å². The number of hydrogen-bond acceptors (Lipinski definition) is 2. The molecule has 0 spiro atoms. The highest BCUT2D eigenvalue weighted by Crippen LogP contribution is 2.23. The summed E-state index contributed by atoms with van der Waals surface area (Å²) >= 11 is 0. The minimum absolute atomic E-state index is 0.334. The van der Waals surface area contributed by atoms with E-state index in [1.807, 2.05) is 0 Å². The van der Waals surface area contributed by atoms with Crippen LogP contribution in [-0.2, 0) is 8.85 Å². The molecule has 92 valence electrons. The Morgan fingerprint density at radius 3 is 1.33 bits per heavy atom. The monoisotopic (exact) mass is 232 g/mol. The zero-order chi connectivity index (χ0) is 11.9. The van der Waals surface area contributed by atoms with Crippen molar-refractivity contribution < 1.29 is 8.85 Å². The van der Waals surface area contributed by atoms with Crippen LogP contribution in [0.2, 0.25) is 12.1 Å². The molecule has 0 aliphatic carbocycles. The molecule has 15 heavy (non-hydrogen) atoms. The van der Waals surface area contributed by atoms with E-state index in [1.54, 1.807) is 0 Å². The van der Waals surface area contributed by atoms with Crippen molar-refractivity contribution in [2.24, 2.45) is 0 Å². The van der Waals surface area contributed by atoms with Crippen LogP contribution in [0.25, 0.3) is 0 Å². The second kappa shape index (κ2) is 7.42. The molecule has 3 heteroatoms. The van der Waals surface area contributed by atoms with E-state index in [1.165, 1.54) is 0 Å². The van der Waals surface area contributed by atoms with Gasteiger partial charge < -0.3 is 8.85 Å². The van der Waals surface area contributed by atoms with Gasteiger partial charge in [-0.25, -0.2) is 0 Å². The fourth-order valence-electron chi connectivity index (χ4n) is 1.51. The minimum Gasteiger partial charge on any atom is -0.391 e. The van der Waals surface area contributed by atoms with Gasteiger partial charge in [0.15, 0.2) is 0 Å². The molecule has 0 fully saturated rings. The van der Waals surface area contributed by atoms with Crippen molar-refractivity contribution in [1.82, 2.24) is 0 Å². The molecule has 0 heterocycles. The molecule has 0 aromatic rings. The Hall–Kier alpha value is 0.137. The van der Waals surface area contributed by atoms with Gasteiger partial charge in [0.2, 0.25) is 0 Å². The summed E-state index contributed by atoms with van der Waals surface area (Å²) < 4.78 is 12.3. The van der Waals surface area contributed by atoms with Crippen LogP contribution in [0.15, 0.2) is 0 Å². The Bertz CT molecular complexity index is 144. The third kappa shape index (κ3) is 5.14. The van der Waals surface area contributed by atoms with Gasteiger partial charge in [0.05, 0.1) is 0 Å². The van der Waals surface area contributed by atoms with E-state index >= 15 is 0 Å². The van der Waals surface area contributed by atoms with Crippen molar-refractivity contribution in [1.29, 1.82) is 0 Å². The normalized spacial score (nSPS) is 16.4. The quantitative estimate of drug-likeness (QED) is 0.587. The Labute approximate surface area is 96.6 Å². The molecular formula is C12H28O2Si. The van der Waals surface area contributed by atoms with Gasteiger partial charge in [-0.1, -0.05) is 27.7 Å². The smallest absolute Gasteiger partial charge is 0.338 e. The maximum absolute atomic E-state index is 6.17. The van der Waals surface area contributed by atoms with Crippen LogP contribution in [0.3, 0.4) is 0 Å². The lowest BCUT2D eigenvalue weighted by molar-refractivity contribution is 0.0881. The SMILES string of the molecule is CCC(C)O[Si](CC)(CC)OC(C)CC. The fraction of sp³-hybridized carbons (Fsp3) is 1.00. The van der Waals surface area contributed by atoms with Crippen molar-refractivity contribution in [3.63, 3.8) is 0 Å². The Morgan fingerprint density at radius 2 is 1.13 bits per heavy atom. The topological polar surface area (TPSA) is 18.5 Å². The summed E-state index contributed by atoms with van der Waals surface area (Å²) in [7, 11) is -1.91. The van der Waals surface area contributed by atoms with Gasteiger partial charge in [-0.05, 0) is 38.8 Å². The molecule has 0 rings (SSSR count). The van der Waals surface area contributed by atoms with Crippen molar-refractivity contribution in [2.75, 3.05) is 0 Å². The Balaban J connectivity index is 4.42. The summed E-state index contributed by atoms with van der Waals surface area (Å²) in [5, 5.41) is 0. The van der Waals surface area contributed by atoms with E-state index < -0.39 is 8.56 Å². The summed E-state index contributed by atoms with van der Waals surface area (Å²) in [5.41, 5.74) is 0. The Morgan fingerprint density at radius 1 is 0.800 bits per heavy atom. The van der Waals surface area contributed by atoms with Crippen LogP contribution in [-0.4, -0.2) is 20.8 Å². The van der Waals surface area contributed by atoms with Gasteiger partial charge >= 0.3 is 8.56 Å². The second-order valence-corrected chi connectivity index (χ2v) is 8.00. The highest BCUT2D eigenvalue weighted by molar-refractivity contribution is 6.67. The van der Waals surface area contributed by atoms with E-state index in [-0.39, 0.29) is 0 Å². The summed E-state index contributed by atoms with van der Waals surface area (Å²) in [6.45, 7) is 13.0. The molecule has 2 atom stereocenters. The highest BCUT2D eigenvalue weighted by Gasteiger charge is 2.36. The summed E-state index contributed by atoms with van der Waals surface area (Å²) in [6.07, 6.45) is 2.80. The molecule has 2 nitrogen and oxygen atoms in total. The first-order valence-corrected chi connectivity index (χ1v) is 8.62. The van der Waals surface area contributed by atoms with E-state index in [4.69, 9.17) is 8.85 Å². The van der Waals surface area contributed by atoms with Crippen molar-refractivity contribution in [2.45, 2.75) is 78.7 Å². The van der Waals surface area contributed by atoms with Crippen molar-refractivity contribution in [3.05, 3.63) is 0 Å². The third-order valence-corrected chi connectivity index (χ3v) is 6.88. The molecular weight excluding hydrogens is 204 g/mol. The summed E-state index contributed by atoms with van der Waals surface area (Å²) in [5.74, 6) is 0. The molecule has 0 saturated heterocycles. The van der Waals surface area contributed by atoms with Crippen molar-refractivity contribution >= 4 is 8.56 Å². The van der Waals surface area contributed by atoms with E-state index in [2.05, 4.69) is 41.5 Å². The standard InChI is InChI=1S/C12H28O2Si/c1-7-11(5)13-15(9-3,10-4)14-12(6)8-2/h11-12H,7-10H2,1-6H3. The lowest BCUT2D eigenvalue weighted by Gasteiger charge is -2.34. The maximum Gasteiger partial charge on any atom is 0.338 e. The van der Waals surface area contributed by atoms with Gasteiger partial charge in [0.25, 0.3) is 0 Å².